The fraction of sp³-hybridized carbons (Fsp3) is 0.273. The van der Waals surface area contributed by atoms with Crippen molar-refractivity contribution in [3.63, 3.8) is 0 Å². The van der Waals surface area contributed by atoms with Crippen molar-refractivity contribution in [3.8, 4) is 119 Å². The van der Waals surface area contributed by atoms with Crippen LogP contribution in [-0.4, -0.2) is 125 Å². The normalized spacial score (nSPS) is 12.3. The lowest BCUT2D eigenvalue weighted by Gasteiger charge is -2.29. The monoisotopic (exact) mass is 1960 g/mol. The Labute approximate surface area is 821 Å². The third-order valence-corrected chi connectivity index (χ3v) is 31.4. The molecule has 8 heterocycles. The molecule has 0 bridgehead atoms. The summed E-state index contributed by atoms with van der Waals surface area (Å²) in [5.74, 6) is -2.50. The highest BCUT2D eigenvalue weighted by Gasteiger charge is 2.45. The van der Waals surface area contributed by atoms with E-state index >= 15 is 9.59 Å². The Hall–Kier alpha value is -13.5. The maximum absolute atomic E-state index is 15.4. The van der Waals surface area contributed by atoms with Gasteiger partial charge in [0.05, 0.1) is 103 Å². The number of amides is 4. The zero-order chi connectivity index (χ0) is 96.4. The number of rotatable bonds is 44. The largest absolute Gasteiger partial charge is 0.491 e. The maximum atomic E-state index is 15.4. The molecule has 0 saturated heterocycles. The molecule has 2 aliphatic heterocycles. The van der Waals surface area contributed by atoms with E-state index in [0.717, 1.165) is 176 Å². The van der Waals surface area contributed by atoms with E-state index in [2.05, 4.69) is 27.7 Å². The summed E-state index contributed by atoms with van der Waals surface area (Å²) >= 11 is 8.03. The van der Waals surface area contributed by atoms with E-state index in [1.54, 1.807) is 120 Å². The molecule has 9 aromatic carbocycles. The Kier molecular flexibility index (Phi) is 30.3. The Bertz CT molecular complexity index is 6600. The molecular weight excluding hydrogens is 1860 g/mol. The number of esters is 4. The molecule has 15 aromatic rings. The number of imide groups is 2. The van der Waals surface area contributed by atoms with Crippen LogP contribution in [0, 0.1) is 0 Å². The van der Waals surface area contributed by atoms with E-state index in [-0.39, 0.29) is 67.8 Å². The standard InChI is InChI=1S/C110H100N2O20S6/c1-9-13-17-21-51-127-91-75-49-55-133-95(75)93(129-53-23-19-15-11-3)77-57-79(135-97(77)91)99-87-89(103(117)111(5)101(87)115)109(137-99)131-107(121)73-45-37-69(38-46-73)83-81(65-29-25-63(26-30-65)59-125-61-113)82(66-31-27-64(28-32-66)60-126-62-114)84(86(68-35-43-72(44-36-68)106(120)124-8)85(83)67-33-41-71(42-34-67)105(119)123-7)70-39-47-74(48-40-70)108(122)132-110-90-88(102(116)112(6)104(90)118)100(138-110)80-58-78-94(130-54-24-20-16-12-4)96-76(50-56-134-96)92(98(78)136-80)128-52-22-18-14-10-2/h25-50,55-58,61-62H,9-24,51-54,59-60H2,1-8H3. The number of carbonyl (C=O) groups excluding carboxylic acids is 10. The van der Waals surface area contributed by atoms with Crippen LogP contribution < -0.4 is 28.4 Å². The highest BCUT2D eigenvalue weighted by Crippen LogP contribution is 2.60. The van der Waals surface area contributed by atoms with Gasteiger partial charge in [0, 0.05) is 45.4 Å². The van der Waals surface area contributed by atoms with E-state index < -0.39 is 47.5 Å². The van der Waals surface area contributed by atoms with E-state index in [1.165, 1.54) is 51.0 Å². The van der Waals surface area contributed by atoms with Crippen molar-refractivity contribution in [2.45, 2.75) is 144 Å². The molecule has 0 aliphatic carbocycles. The third-order valence-electron chi connectivity index (χ3n) is 24.8. The second-order valence-electron chi connectivity index (χ2n) is 33.8. The van der Waals surface area contributed by atoms with Crippen LogP contribution in [0.5, 0.6) is 33.1 Å². The van der Waals surface area contributed by atoms with Gasteiger partial charge in [-0.15, -0.1) is 45.3 Å². The van der Waals surface area contributed by atoms with Crippen LogP contribution in [0.2, 0.25) is 0 Å². The molecule has 17 rings (SSSR count). The summed E-state index contributed by atoms with van der Waals surface area (Å²) in [5.41, 5.74) is 8.50. The minimum Gasteiger partial charge on any atom is -0.491 e. The fourth-order valence-electron chi connectivity index (χ4n) is 17.7. The van der Waals surface area contributed by atoms with Gasteiger partial charge in [-0.2, -0.15) is 0 Å². The van der Waals surface area contributed by atoms with Crippen LogP contribution in [0.15, 0.2) is 181 Å². The summed E-state index contributed by atoms with van der Waals surface area (Å²) in [6, 6.07) is 50.2. The molecule has 0 fully saturated rings. The quantitative estimate of drug-likeness (QED) is 0.0113. The van der Waals surface area contributed by atoms with Crippen LogP contribution in [0.4, 0.5) is 0 Å². The van der Waals surface area contributed by atoms with E-state index in [1.807, 2.05) is 83.6 Å². The third kappa shape index (κ3) is 19.3. The molecule has 6 aromatic heterocycles. The second-order valence-corrected chi connectivity index (χ2v) is 39.7. The van der Waals surface area contributed by atoms with Gasteiger partial charge < -0.3 is 47.4 Å². The average molecular weight is 1960 g/mol. The first-order valence-electron chi connectivity index (χ1n) is 46.3. The van der Waals surface area contributed by atoms with E-state index in [9.17, 15) is 38.4 Å². The predicted molar refractivity (Wildman–Crippen MR) is 546 cm³/mol. The first-order valence-corrected chi connectivity index (χ1v) is 51.4. The minimum atomic E-state index is -0.852. The van der Waals surface area contributed by atoms with Gasteiger partial charge in [0.25, 0.3) is 36.6 Å². The lowest BCUT2D eigenvalue weighted by atomic mass is 9.74. The number of unbranched alkanes of at least 4 members (excludes halogenated alkanes) is 12. The molecule has 0 saturated carbocycles. The van der Waals surface area contributed by atoms with Crippen molar-refractivity contribution >= 4 is 169 Å². The van der Waals surface area contributed by atoms with Gasteiger partial charge in [-0.3, -0.25) is 38.6 Å². The number of nitrogens with zero attached hydrogens (tertiary/aromatic N) is 2. The number of fused-ring (bicyclic) bond motifs is 6. The Balaban J connectivity index is 0.820. The first-order chi connectivity index (χ1) is 67.3. The summed E-state index contributed by atoms with van der Waals surface area (Å²) in [6.07, 6.45) is 16.0. The van der Waals surface area contributed by atoms with Gasteiger partial charge in [-0.25, -0.2) is 19.2 Å². The molecule has 0 N–H and O–H groups in total. The highest BCUT2D eigenvalue weighted by atomic mass is 32.1. The zero-order valence-corrected chi connectivity index (χ0v) is 82.4. The average Bonchev–Trinajstić information content (AvgIpc) is 1.41. The van der Waals surface area contributed by atoms with Crippen molar-refractivity contribution in [1.82, 2.24) is 9.80 Å². The van der Waals surface area contributed by atoms with Crippen molar-refractivity contribution in [2.75, 3.05) is 54.7 Å². The lowest BCUT2D eigenvalue weighted by Crippen LogP contribution is -2.25. The minimum absolute atomic E-state index is 0.0503. The molecule has 28 heteroatoms. The molecule has 22 nitrogen and oxygen atoms in total. The Morgan fingerprint density at radius 1 is 0.312 bits per heavy atom. The first kappa shape index (κ1) is 96.2. The van der Waals surface area contributed by atoms with Crippen molar-refractivity contribution in [1.29, 1.82) is 0 Å². The Morgan fingerprint density at radius 3 is 0.870 bits per heavy atom. The number of carbonyl (C=O) groups is 10. The molecular formula is C110H100N2O20S6. The van der Waals surface area contributed by atoms with E-state index in [4.69, 9.17) is 47.4 Å². The molecule has 0 radical (unpaired) electrons. The number of hydrogen-bond acceptors (Lipinski definition) is 26. The van der Waals surface area contributed by atoms with Gasteiger partial charge in [0.1, 0.15) is 47.3 Å². The van der Waals surface area contributed by atoms with Crippen molar-refractivity contribution < 1.29 is 95.3 Å². The number of benzene rings is 9. The van der Waals surface area contributed by atoms with Crippen LogP contribution in [0.3, 0.4) is 0 Å². The summed E-state index contributed by atoms with van der Waals surface area (Å²) in [6.45, 7) is 11.2. The highest BCUT2D eigenvalue weighted by molar-refractivity contribution is 7.28. The molecule has 0 atom stereocenters. The molecule has 0 spiro atoms. The van der Waals surface area contributed by atoms with Crippen molar-refractivity contribution in [2.24, 2.45) is 0 Å². The molecule has 0 unspecified atom stereocenters. The summed E-state index contributed by atoms with van der Waals surface area (Å²) in [5, 5.41) is 7.33. The summed E-state index contributed by atoms with van der Waals surface area (Å²) in [7, 11) is 5.38. The van der Waals surface area contributed by atoms with Crippen LogP contribution in [0.1, 0.15) is 224 Å². The number of ether oxygens (including phenoxy) is 10. The maximum Gasteiger partial charge on any atom is 0.344 e. The van der Waals surface area contributed by atoms with Gasteiger partial charge in [0.2, 0.25) is 0 Å². The summed E-state index contributed by atoms with van der Waals surface area (Å²) in [4.78, 5) is 144. The molecule has 4 amide bonds. The van der Waals surface area contributed by atoms with Crippen LogP contribution in [0.25, 0.3) is 127 Å². The number of methoxy groups -OCH3 is 2. The fourth-order valence-corrected chi connectivity index (χ4v) is 24.4. The smallest absolute Gasteiger partial charge is 0.344 e. The van der Waals surface area contributed by atoms with Crippen LogP contribution in [-0.2, 0) is 41.8 Å². The SMILES string of the molecule is CCCCCCOc1c2cc(-c3sc(OC(=O)c4ccc(-c5c(-c6ccc(COC=O)cc6)c(-c6ccc(COC=O)cc6)c(-c6ccc(C(=O)Oc7sc(-c8cc9c(OCCCCCC)c%10sccc%10c(OCCCCCC)c9s8)c8c7C(=O)N(C)C8=O)cc6)c(-c6ccc(C(=O)OC)cc6)c5-c5ccc(C(=O)OC)cc5)cc4)c4c3C(=O)N(C)C4=O)sc2c(OCCCCCC)c2ccsc12. The zero-order valence-electron chi connectivity index (χ0n) is 77.5. The van der Waals surface area contributed by atoms with Gasteiger partial charge in [-0.1, -0.05) is 224 Å². The Morgan fingerprint density at radius 2 is 0.587 bits per heavy atom. The predicted octanol–water partition coefficient (Wildman–Crippen LogP) is 27.7. The van der Waals surface area contributed by atoms with Gasteiger partial charge >= 0.3 is 23.9 Å². The second kappa shape index (κ2) is 43.5. The lowest BCUT2D eigenvalue weighted by molar-refractivity contribution is -0.130. The topological polar surface area (TPSA) is 269 Å². The molecule has 138 heavy (non-hydrogen) atoms. The molecule has 2 aliphatic rings. The van der Waals surface area contributed by atoms with E-state index in [0.29, 0.717) is 160 Å². The van der Waals surface area contributed by atoms with Crippen LogP contribution >= 0.6 is 68.0 Å². The van der Waals surface area contributed by atoms with Crippen molar-refractivity contribution in [3.05, 3.63) is 236 Å². The number of thiophene rings is 6. The van der Waals surface area contributed by atoms with Gasteiger partial charge in [0.15, 0.2) is 10.1 Å². The summed E-state index contributed by atoms with van der Waals surface area (Å²) < 4.78 is 64.6. The molecule has 706 valence electrons. The van der Waals surface area contributed by atoms with Gasteiger partial charge in [-0.05, 0) is 187 Å². The number of hydrogen-bond donors (Lipinski definition) is 0.